The highest BCUT2D eigenvalue weighted by atomic mass is 28.5. The van der Waals surface area contributed by atoms with Crippen molar-refractivity contribution in [1.29, 1.82) is 0 Å². The van der Waals surface area contributed by atoms with Crippen molar-refractivity contribution in [2.75, 3.05) is 0 Å². The maximum absolute atomic E-state index is 8.91. The standard InChI is InChI=1S/CH10O9Si3.CH8O6Si2.CH6O3Si.H4O4Si.H3O4Si/c1-11(2,3)9-13(7,8)10-12(4,5)6;1-8(2,3)7-9(4,5)6;3*1-5(2,3)4/h2-8H,1H3;2-6H,1H3;2-4H,1H3;1-4H;1-3H/q;;;;-1. The second kappa shape index (κ2) is 17.5. The molecule has 0 aliphatic carbocycles. The number of hydrogen-bond acceptors (Lipinski definition) is 26. The second-order valence-corrected chi connectivity index (χ2v) is 19.9. The fraction of sp³-hybridized carbons (Fsp3) is 1.00. The van der Waals surface area contributed by atoms with Gasteiger partial charge in [0.2, 0.25) is 0 Å². The van der Waals surface area contributed by atoms with Crippen molar-refractivity contribution in [2.24, 2.45) is 0 Å². The lowest BCUT2D eigenvalue weighted by Crippen LogP contribution is -2.60. The predicted octanol–water partition coefficient (Wildman–Crippen LogP) is -14.9. The van der Waals surface area contributed by atoms with Crippen LogP contribution in [0, 0.1) is 0 Å². The molecule has 0 aromatic rings. The smallest absolute Gasteiger partial charge is 0.668 e. The minimum atomic E-state index is -5.16. The summed E-state index contributed by atoms with van der Waals surface area (Å²) < 4.78 is 11.1. The van der Waals surface area contributed by atoms with Crippen LogP contribution in [-0.2, 0) is 12.3 Å². The van der Waals surface area contributed by atoms with Crippen LogP contribution in [0.5, 0.6) is 0 Å². The zero-order valence-corrected chi connectivity index (χ0v) is 26.5. The van der Waals surface area contributed by atoms with Gasteiger partial charge in [0, 0.05) is 19.6 Å². The van der Waals surface area contributed by atoms with E-state index in [-0.39, 0.29) is 0 Å². The average Bonchev–Trinajstić information content (AvgIpc) is 2.18. The molecule has 0 fully saturated rings. The van der Waals surface area contributed by atoms with E-state index in [1.807, 2.05) is 0 Å². The molecular weight excluding hydrogens is 677 g/mol. The van der Waals surface area contributed by atoms with Crippen LogP contribution >= 0.6 is 0 Å². The average molecular weight is 708 g/mol. The molecule has 0 aliphatic heterocycles. The molecule has 0 aromatic carbocycles. The van der Waals surface area contributed by atoms with Crippen molar-refractivity contribution < 1.29 is 123 Å². The molecule has 34 heteroatoms. The lowest BCUT2D eigenvalue weighted by molar-refractivity contribution is -0.295. The highest BCUT2D eigenvalue weighted by Crippen LogP contribution is 2.08. The summed E-state index contributed by atoms with van der Waals surface area (Å²) in [4.78, 5) is 184. The fourth-order valence-corrected chi connectivity index (χ4v) is 6.77. The summed E-state index contributed by atoms with van der Waals surface area (Å²) in [6.45, 7) is 2.63. The van der Waals surface area contributed by atoms with Crippen LogP contribution in [0.25, 0.3) is 0 Å². The predicted molar refractivity (Wildman–Crippen MR) is 116 cm³/mol. The molecule has 37 heavy (non-hydrogen) atoms. The largest absolute Gasteiger partial charge is 0.794 e. The van der Waals surface area contributed by atoms with Gasteiger partial charge in [-0.05, 0) is 0 Å². The van der Waals surface area contributed by atoms with Crippen LogP contribution in [-0.4, -0.2) is 177 Å². The third-order valence-corrected chi connectivity index (χ3v) is 8.34. The molecule has 0 unspecified atom stereocenters. The van der Waals surface area contributed by atoms with E-state index >= 15 is 0 Å². The van der Waals surface area contributed by atoms with E-state index < -0.39 is 71.7 Å². The van der Waals surface area contributed by atoms with Crippen molar-refractivity contribution in [3.63, 3.8) is 0 Å². The first-order valence-electron chi connectivity index (χ1n) is 7.85. The lowest BCUT2D eigenvalue weighted by atomic mass is 11.9. The topological polar surface area (TPSA) is 496 Å². The van der Waals surface area contributed by atoms with Gasteiger partial charge in [-0.25, -0.2) is 0 Å². The monoisotopic (exact) mass is 707 g/mol. The normalized spacial score (nSPS) is 13.5. The molecule has 0 spiro atoms. The van der Waals surface area contributed by atoms with Gasteiger partial charge in [-0.15, -0.1) is 0 Å². The number of hydrogen-bond donors (Lipinski definition) is 22. The van der Waals surface area contributed by atoms with E-state index in [9.17, 15) is 0 Å². The van der Waals surface area contributed by atoms with Gasteiger partial charge in [-0.3, -0.25) is 0 Å². The van der Waals surface area contributed by atoms with Crippen LogP contribution in [0.2, 0.25) is 19.6 Å². The van der Waals surface area contributed by atoms with Gasteiger partial charge < -0.3 is 123 Å². The zero-order valence-electron chi connectivity index (χ0n) is 18.5. The van der Waals surface area contributed by atoms with Crippen LogP contribution in [0.15, 0.2) is 0 Å². The highest BCUT2D eigenvalue weighted by Gasteiger charge is 2.53. The summed E-state index contributed by atoms with van der Waals surface area (Å²) in [5.41, 5.74) is 0. The van der Waals surface area contributed by atoms with Gasteiger partial charge in [-0.1, -0.05) is 0 Å². The molecule has 0 saturated carbocycles. The Morgan fingerprint density at radius 2 is 0.568 bits per heavy atom. The summed E-state index contributed by atoms with van der Waals surface area (Å²) in [5.74, 6) is 0. The first kappa shape index (κ1) is 47.5. The minimum Gasteiger partial charge on any atom is -0.794 e. The quantitative estimate of drug-likeness (QED) is 0.114. The Labute approximate surface area is 214 Å². The summed E-state index contributed by atoms with van der Waals surface area (Å²) >= 11 is 0. The molecule has 0 radical (unpaired) electrons. The Balaban J connectivity index is -0.000000124. The molecule has 26 nitrogen and oxygen atoms in total. The summed E-state index contributed by atoms with van der Waals surface area (Å²) in [5, 5.41) is 0. The van der Waals surface area contributed by atoms with E-state index in [0.717, 1.165) is 19.6 Å². The molecule has 232 valence electrons. The Kier molecular flexibility index (Phi) is 22.5. The Morgan fingerprint density at radius 1 is 0.405 bits per heavy atom. The lowest BCUT2D eigenvalue weighted by Gasteiger charge is -2.23. The maximum atomic E-state index is 8.91. The molecule has 22 N–H and O–H groups in total. The van der Waals surface area contributed by atoms with E-state index in [1.54, 1.807) is 0 Å². The molecular formula is C3H31O26Si8-. The van der Waals surface area contributed by atoms with E-state index in [0.29, 0.717) is 0 Å². The maximum Gasteiger partial charge on any atom is 0.668 e. The van der Waals surface area contributed by atoms with Crippen molar-refractivity contribution in [3.8, 4) is 0 Å². The van der Waals surface area contributed by atoms with Crippen LogP contribution < -0.4 is 4.80 Å². The Hall–Kier alpha value is 0.695. The zero-order chi connectivity index (χ0) is 32.1. The molecule has 0 heterocycles. The summed E-state index contributed by atoms with van der Waals surface area (Å²) in [6.07, 6.45) is 0. The van der Waals surface area contributed by atoms with E-state index in [2.05, 4.69) is 12.3 Å². The van der Waals surface area contributed by atoms with Gasteiger partial charge in [0.05, 0.1) is 0 Å². The summed E-state index contributed by atoms with van der Waals surface area (Å²) in [7, 11) is -36.3. The van der Waals surface area contributed by atoms with Crippen molar-refractivity contribution in [3.05, 3.63) is 0 Å². The first-order chi connectivity index (χ1) is 15.1. The SMILES string of the molecule is C[Si](O)(O)O.C[Si](O)(O)O[Si](O)(O)O.C[Si](O)(O)O[Si](O)(O)O[Si](O)(O)O.O[Si](O)(O)O.[O-][Si](O)(O)O. The third-order valence-electron chi connectivity index (χ3n) is 0.926. The van der Waals surface area contributed by atoms with Gasteiger partial charge in [-0.2, -0.15) is 0 Å². The molecule has 0 amide bonds. The Bertz CT molecular complexity index is 473. The van der Waals surface area contributed by atoms with Gasteiger partial charge in [0.1, 0.15) is 0 Å². The minimum absolute atomic E-state index is 0.764. The van der Waals surface area contributed by atoms with Gasteiger partial charge in [0.25, 0.3) is 0 Å². The van der Waals surface area contributed by atoms with Gasteiger partial charge in [0.15, 0.2) is 0 Å². The van der Waals surface area contributed by atoms with E-state index in [4.69, 9.17) is 110 Å². The highest BCUT2D eigenvalue weighted by molar-refractivity contribution is 6.72. The van der Waals surface area contributed by atoms with E-state index in [1.165, 1.54) is 0 Å². The van der Waals surface area contributed by atoms with Crippen molar-refractivity contribution >= 4 is 71.7 Å². The first-order valence-corrected chi connectivity index (χ1v) is 23.5. The molecule has 0 saturated heterocycles. The summed E-state index contributed by atoms with van der Waals surface area (Å²) in [6, 6.07) is 0. The Morgan fingerprint density at radius 3 is 0.649 bits per heavy atom. The van der Waals surface area contributed by atoms with Crippen LogP contribution in [0.4, 0.5) is 0 Å². The molecule has 0 aromatic heterocycles. The molecule has 0 aliphatic rings. The molecule has 0 atom stereocenters. The van der Waals surface area contributed by atoms with Crippen LogP contribution in [0.1, 0.15) is 0 Å². The molecule has 0 rings (SSSR count). The van der Waals surface area contributed by atoms with Crippen molar-refractivity contribution in [2.45, 2.75) is 19.6 Å². The molecule has 0 bridgehead atoms. The third kappa shape index (κ3) is 126. The van der Waals surface area contributed by atoms with Crippen LogP contribution in [0.3, 0.4) is 0 Å². The fourth-order valence-electron chi connectivity index (χ4n) is 0.710. The van der Waals surface area contributed by atoms with Gasteiger partial charge >= 0.3 is 71.7 Å². The van der Waals surface area contributed by atoms with Crippen molar-refractivity contribution in [1.82, 2.24) is 0 Å². The number of rotatable bonds is 6. The second-order valence-electron chi connectivity index (χ2n) is 6.01.